The maximum Gasteiger partial charge on any atom is 0.236 e. The van der Waals surface area contributed by atoms with Gasteiger partial charge in [0.1, 0.15) is 12.2 Å². The Kier molecular flexibility index (Phi) is 4.13. The van der Waals surface area contributed by atoms with Gasteiger partial charge in [-0.05, 0) is 24.1 Å². The van der Waals surface area contributed by atoms with Crippen LogP contribution in [0.3, 0.4) is 0 Å². The number of amides is 1. The summed E-state index contributed by atoms with van der Waals surface area (Å²) in [7, 11) is 0. The van der Waals surface area contributed by atoms with E-state index in [-0.39, 0.29) is 30.1 Å². The average Bonchev–Trinajstić information content (AvgIpc) is 2.40. The first-order valence-corrected chi connectivity index (χ1v) is 6.27. The molecule has 5 heteroatoms. The number of carbonyl (C=O) groups is 1. The summed E-state index contributed by atoms with van der Waals surface area (Å²) in [5, 5.41) is 8.52. The minimum atomic E-state index is -0.265. The van der Waals surface area contributed by atoms with Crippen LogP contribution >= 0.6 is 0 Å². The molecule has 100 valence electrons. The van der Waals surface area contributed by atoms with E-state index in [9.17, 15) is 9.18 Å². The molecule has 0 aromatic heterocycles. The molecule has 1 aromatic carbocycles. The van der Waals surface area contributed by atoms with Crippen LogP contribution in [-0.4, -0.2) is 29.9 Å². The summed E-state index contributed by atoms with van der Waals surface area (Å²) < 4.78 is 12.9. The second kappa shape index (κ2) is 5.81. The molecular formula is C14H16FN3O. The summed E-state index contributed by atoms with van der Waals surface area (Å²) in [6, 6.07) is 8.01. The SMILES string of the molecule is N#CCC(=O)N1CCC(c2ccc(F)cc2)C(N)C1. The molecule has 0 saturated carbocycles. The second-order valence-electron chi connectivity index (χ2n) is 4.79. The highest BCUT2D eigenvalue weighted by molar-refractivity contribution is 5.78. The van der Waals surface area contributed by atoms with E-state index in [1.165, 1.54) is 12.1 Å². The van der Waals surface area contributed by atoms with E-state index in [1.54, 1.807) is 17.0 Å². The Morgan fingerprint density at radius 2 is 2.16 bits per heavy atom. The number of nitrogens with two attached hydrogens (primary N) is 1. The van der Waals surface area contributed by atoms with Crippen molar-refractivity contribution in [1.29, 1.82) is 5.26 Å². The third kappa shape index (κ3) is 3.09. The Morgan fingerprint density at radius 3 is 2.74 bits per heavy atom. The van der Waals surface area contributed by atoms with Crippen molar-refractivity contribution in [2.75, 3.05) is 13.1 Å². The van der Waals surface area contributed by atoms with Crippen LogP contribution in [0.5, 0.6) is 0 Å². The fourth-order valence-electron chi connectivity index (χ4n) is 2.51. The van der Waals surface area contributed by atoms with Gasteiger partial charge < -0.3 is 10.6 Å². The molecule has 0 radical (unpaired) electrons. The first-order valence-electron chi connectivity index (χ1n) is 6.27. The van der Waals surface area contributed by atoms with Crippen molar-refractivity contribution in [2.45, 2.75) is 24.8 Å². The zero-order chi connectivity index (χ0) is 13.8. The van der Waals surface area contributed by atoms with Crippen molar-refractivity contribution in [3.63, 3.8) is 0 Å². The van der Waals surface area contributed by atoms with Crippen LogP contribution in [0.25, 0.3) is 0 Å². The summed E-state index contributed by atoms with van der Waals surface area (Å²) in [5.41, 5.74) is 7.10. The predicted molar refractivity (Wildman–Crippen MR) is 68.5 cm³/mol. The first kappa shape index (κ1) is 13.5. The monoisotopic (exact) mass is 261 g/mol. The van der Waals surface area contributed by atoms with Gasteiger partial charge in [0.25, 0.3) is 0 Å². The van der Waals surface area contributed by atoms with Crippen molar-refractivity contribution in [3.05, 3.63) is 35.6 Å². The van der Waals surface area contributed by atoms with Crippen molar-refractivity contribution < 1.29 is 9.18 Å². The molecule has 1 heterocycles. The zero-order valence-corrected chi connectivity index (χ0v) is 10.6. The third-order valence-corrected chi connectivity index (χ3v) is 3.54. The molecule has 1 saturated heterocycles. The van der Waals surface area contributed by atoms with Gasteiger partial charge in [-0.1, -0.05) is 12.1 Å². The smallest absolute Gasteiger partial charge is 0.236 e. The Labute approximate surface area is 111 Å². The van der Waals surface area contributed by atoms with E-state index in [1.807, 2.05) is 6.07 Å². The summed E-state index contributed by atoms with van der Waals surface area (Å²) in [6.07, 6.45) is 0.637. The van der Waals surface area contributed by atoms with E-state index in [4.69, 9.17) is 11.0 Å². The summed E-state index contributed by atoms with van der Waals surface area (Å²) in [4.78, 5) is 13.3. The molecule has 2 rings (SSSR count). The fourth-order valence-corrected chi connectivity index (χ4v) is 2.51. The second-order valence-corrected chi connectivity index (χ2v) is 4.79. The van der Waals surface area contributed by atoms with Crippen LogP contribution in [0.2, 0.25) is 0 Å². The summed E-state index contributed by atoms with van der Waals surface area (Å²) >= 11 is 0. The van der Waals surface area contributed by atoms with Crippen molar-refractivity contribution in [1.82, 2.24) is 4.90 Å². The van der Waals surface area contributed by atoms with Gasteiger partial charge in [0, 0.05) is 25.0 Å². The van der Waals surface area contributed by atoms with Crippen LogP contribution in [0.1, 0.15) is 24.3 Å². The van der Waals surface area contributed by atoms with Crippen molar-refractivity contribution in [2.24, 2.45) is 5.73 Å². The number of likely N-dealkylation sites (tertiary alicyclic amines) is 1. The van der Waals surface area contributed by atoms with E-state index in [2.05, 4.69) is 0 Å². The van der Waals surface area contributed by atoms with Crippen LogP contribution in [0, 0.1) is 17.1 Å². The molecule has 0 spiro atoms. The Morgan fingerprint density at radius 1 is 1.47 bits per heavy atom. The zero-order valence-electron chi connectivity index (χ0n) is 10.6. The minimum absolute atomic E-state index is 0.103. The number of halogens is 1. The van der Waals surface area contributed by atoms with Gasteiger partial charge in [-0.3, -0.25) is 4.79 Å². The Bertz CT molecular complexity index is 494. The average molecular weight is 261 g/mol. The molecule has 1 amide bonds. The minimum Gasteiger partial charge on any atom is -0.340 e. The van der Waals surface area contributed by atoms with Crippen LogP contribution in [-0.2, 0) is 4.79 Å². The number of hydrogen-bond donors (Lipinski definition) is 1. The number of rotatable bonds is 2. The summed E-state index contributed by atoms with van der Waals surface area (Å²) in [5.74, 6) is -0.304. The number of benzene rings is 1. The van der Waals surface area contributed by atoms with Gasteiger partial charge in [0.2, 0.25) is 5.91 Å². The highest BCUT2D eigenvalue weighted by atomic mass is 19.1. The molecule has 2 atom stereocenters. The number of hydrogen-bond acceptors (Lipinski definition) is 3. The molecule has 1 aromatic rings. The molecule has 1 aliphatic rings. The Balaban J connectivity index is 2.03. The largest absolute Gasteiger partial charge is 0.340 e. The van der Waals surface area contributed by atoms with Gasteiger partial charge in [-0.2, -0.15) is 5.26 Å². The van der Waals surface area contributed by atoms with Gasteiger partial charge in [0.05, 0.1) is 6.07 Å². The molecule has 4 nitrogen and oxygen atoms in total. The lowest BCUT2D eigenvalue weighted by molar-refractivity contribution is -0.131. The predicted octanol–water partition coefficient (Wildman–Crippen LogP) is 1.38. The topological polar surface area (TPSA) is 70.1 Å². The van der Waals surface area contributed by atoms with Gasteiger partial charge in [0.15, 0.2) is 0 Å². The van der Waals surface area contributed by atoms with E-state index in [0.717, 1.165) is 12.0 Å². The maximum absolute atomic E-state index is 12.9. The highest BCUT2D eigenvalue weighted by Crippen LogP contribution is 2.27. The quantitative estimate of drug-likeness (QED) is 0.874. The molecule has 19 heavy (non-hydrogen) atoms. The number of nitriles is 1. The maximum atomic E-state index is 12.9. The number of piperidine rings is 1. The molecular weight excluding hydrogens is 245 g/mol. The standard InChI is InChI=1S/C14H16FN3O/c15-11-3-1-10(2-4-11)12-6-8-18(9-13(12)17)14(19)5-7-16/h1-4,12-13H,5-6,8-9,17H2. The molecule has 0 aliphatic carbocycles. The van der Waals surface area contributed by atoms with E-state index < -0.39 is 0 Å². The third-order valence-electron chi connectivity index (χ3n) is 3.54. The molecule has 1 fully saturated rings. The van der Waals surface area contributed by atoms with E-state index in [0.29, 0.717) is 13.1 Å². The Hall–Kier alpha value is -1.93. The normalized spacial score (nSPS) is 22.9. The lowest BCUT2D eigenvalue weighted by Crippen LogP contribution is -2.49. The first-order chi connectivity index (χ1) is 9.11. The summed E-state index contributed by atoms with van der Waals surface area (Å²) in [6.45, 7) is 1.04. The molecule has 2 unspecified atom stereocenters. The molecule has 1 aliphatic heterocycles. The lowest BCUT2D eigenvalue weighted by atomic mass is 9.85. The van der Waals surface area contributed by atoms with Crippen LogP contribution < -0.4 is 5.73 Å². The van der Waals surface area contributed by atoms with Gasteiger partial charge in [-0.25, -0.2) is 4.39 Å². The lowest BCUT2D eigenvalue weighted by Gasteiger charge is -2.36. The van der Waals surface area contributed by atoms with Crippen LogP contribution in [0.15, 0.2) is 24.3 Å². The van der Waals surface area contributed by atoms with E-state index >= 15 is 0 Å². The van der Waals surface area contributed by atoms with Crippen LogP contribution in [0.4, 0.5) is 4.39 Å². The molecule has 2 N–H and O–H groups in total. The number of nitrogens with zero attached hydrogens (tertiary/aromatic N) is 2. The number of carbonyl (C=O) groups excluding carboxylic acids is 1. The van der Waals surface area contributed by atoms with Gasteiger partial charge in [-0.15, -0.1) is 0 Å². The molecule has 0 bridgehead atoms. The fraction of sp³-hybridized carbons (Fsp3) is 0.429. The van der Waals surface area contributed by atoms with Crippen molar-refractivity contribution >= 4 is 5.91 Å². The highest BCUT2D eigenvalue weighted by Gasteiger charge is 2.29. The van der Waals surface area contributed by atoms with Gasteiger partial charge >= 0.3 is 0 Å². The van der Waals surface area contributed by atoms with Crippen molar-refractivity contribution in [3.8, 4) is 6.07 Å².